The van der Waals surface area contributed by atoms with Crippen molar-refractivity contribution in [2.75, 3.05) is 6.54 Å². The molecule has 0 amide bonds. The second-order valence-corrected chi connectivity index (χ2v) is 5.17. The molecule has 1 rings (SSSR count). The number of hydrogen-bond donors (Lipinski definition) is 2. The first kappa shape index (κ1) is 10.2. The Hall–Kier alpha value is 0.1000. The average Bonchev–Trinajstić information content (AvgIpc) is 2.47. The second kappa shape index (κ2) is 4.97. The van der Waals surface area contributed by atoms with Crippen molar-refractivity contribution >= 4 is 27.3 Å². The van der Waals surface area contributed by atoms with Crippen molar-refractivity contribution < 1.29 is 0 Å². The normalized spacial score (nSPS) is 13.2. The number of hydrogen-bond acceptors (Lipinski definition) is 3. The van der Waals surface area contributed by atoms with Crippen molar-refractivity contribution in [2.45, 2.75) is 18.9 Å². The van der Waals surface area contributed by atoms with Crippen LogP contribution in [-0.2, 0) is 0 Å². The standard InChI is InChI=1S/C8H13BrN2S/c9-8-4-3-7(12-8)6(11)2-1-5-10/h3-4,6H,1-2,5,10-11H2/t6-/m1/s1. The lowest BCUT2D eigenvalue weighted by Crippen LogP contribution is -2.10. The van der Waals surface area contributed by atoms with Gasteiger partial charge in [-0.3, -0.25) is 0 Å². The molecule has 4 N–H and O–H groups in total. The summed E-state index contributed by atoms with van der Waals surface area (Å²) in [7, 11) is 0. The first-order valence-electron chi connectivity index (χ1n) is 3.95. The third kappa shape index (κ3) is 2.86. The zero-order valence-corrected chi connectivity index (χ0v) is 9.20. The lowest BCUT2D eigenvalue weighted by molar-refractivity contribution is 0.626. The predicted octanol–water partition coefficient (Wildman–Crippen LogP) is 2.25. The third-order valence-corrected chi connectivity index (χ3v) is 3.43. The van der Waals surface area contributed by atoms with E-state index in [1.807, 2.05) is 6.07 Å². The Morgan fingerprint density at radius 3 is 2.75 bits per heavy atom. The molecule has 0 fully saturated rings. The maximum Gasteiger partial charge on any atom is 0.0701 e. The van der Waals surface area contributed by atoms with Crippen LogP contribution in [0.3, 0.4) is 0 Å². The molecule has 0 aliphatic heterocycles. The minimum absolute atomic E-state index is 0.157. The van der Waals surface area contributed by atoms with Crippen LogP contribution in [0.1, 0.15) is 23.8 Å². The van der Waals surface area contributed by atoms with Gasteiger partial charge in [-0.1, -0.05) is 0 Å². The first-order valence-corrected chi connectivity index (χ1v) is 5.56. The number of halogens is 1. The van der Waals surface area contributed by atoms with Gasteiger partial charge in [0.2, 0.25) is 0 Å². The van der Waals surface area contributed by atoms with Crippen LogP contribution in [0.2, 0.25) is 0 Å². The second-order valence-electron chi connectivity index (χ2n) is 2.68. The van der Waals surface area contributed by atoms with Crippen molar-refractivity contribution in [1.29, 1.82) is 0 Å². The van der Waals surface area contributed by atoms with E-state index in [0.29, 0.717) is 0 Å². The maximum absolute atomic E-state index is 5.93. The summed E-state index contributed by atoms with van der Waals surface area (Å²) in [4.78, 5) is 1.23. The van der Waals surface area contributed by atoms with Gasteiger partial charge >= 0.3 is 0 Å². The molecule has 1 aromatic heterocycles. The molecule has 1 atom stereocenters. The summed E-state index contributed by atoms with van der Waals surface area (Å²) in [5.74, 6) is 0. The summed E-state index contributed by atoms with van der Waals surface area (Å²) in [6.45, 7) is 0.722. The highest BCUT2D eigenvalue weighted by molar-refractivity contribution is 9.11. The van der Waals surface area contributed by atoms with E-state index in [0.717, 1.165) is 23.2 Å². The highest BCUT2D eigenvalue weighted by atomic mass is 79.9. The summed E-state index contributed by atoms with van der Waals surface area (Å²) in [6.07, 6.45) is 1.97. The van der Waals surface area contributed by atoms with E-state index in [4.69, 9.17) is 11.5 Å². The van der Waals surface area contributed by atoms with Crippen molar-refractivity contribution in [2.24, 2.45) is 11.5 Å². The summed E-state index contributed by atoms with van der Waals surface area (Å²) < 4.78 is 1.14. The van der Waals surface area contributed by atoms with Gasteiger partial charge in [-0.05, 0) is 47.4 Å². The minimum atomic E-state index is 0.157. The van der Waals surface area contributed by atoms with Gasteiger partial charge in [0, 0.05) is 10.9 Å². The van der Waals surface area contributed by atoms with Crippen molar-refractivity contribution in [1.82, 2.24) is 0 Å². The summed E-state index contributed by atoms with van der Waals surface area (Å²) in [5.41, 5.74) is 11.3. The minimum Gasteiger partial charge on any atom is -0.330 e. The van der Waals surface area contributed by atoms with E-state index in [2.05, 4.69) is 22.0 Å². The molecule has 0 bridgehead atoms. The van der Waals surface area contributed by atoms with Crippen LogP contribution in [0.15, 0.2) is 15.9 Å². The molecule has 1 heterocycles. The van der Waals surface area contributed by atoms with E-state index in [-0.39, 0.29) is 6.04 Å². The fourth-order valence-electron chi connectivity index (χ4n) is 1.01. The Morgan fingerprint density at radius 2 is 2.25 bits per heavy atom. The molecule has 0 spiro atoms. The number of nitrogens with two attached hydrogens (primary N) is 2. The molecule has 4 heteroatoms. The fraction of sp³-hybridized carbons (Fsp3) is 0.500. The van der Waals surface area contributed by atoms with Crippen LogP contribution in [0.4, 0.5) is 0 Å². The van der Waals surface area contributed by atoms with Gasteiger partial charge in [0.05, 0.1) is 3.79 Å². The Bertz CT molecular complexity index is 237. The molecule has 0 unspecified atom stereocenters. The van der Waals surface area contributed by atoms with Crippen LogP contribution in [-0.4, -0.2) is 6.54 Å². The lowest BCUT2D eigenvalue weighted by atomic mass is 10.1. The molecule has 68 valence electrons. The van der Waals surface area contributed by atoms with Crippen LogP contribution >= 0.6 is 27.3 Å². The largest absolute Gasteiger partial charge is 0.330 e. The molecule has 1 aromatic rings. The van der Waals surface area contributed by atoms with Crippen molar-refractivity contribution in [3.05, 3.63) is 20.8 Å². The number of thiophene rings is 1. The number of rotatable bonds is 4. The maximum atomic E-state index is 5.93. The lowest BCUT2D eigenvalue weighted by Gasteiger charge is -2.07. The Labute approximate surface area is 85.1 Å². The van der Waals surface area contributed by atoms with E-state index in [1.165, 1.54) is 4.88 Å². The molecular formula is C8H13BrN2S. The average molecular weight is 249 g/mol. The SMILES string of the molecule is NCCC[C@@H](N)c1ccc(Br)s1. The molecule has 0 aliphatic carbocycles. The zero-order chi connectivity index (χ0) is 8.97. The van der Waals surface area contributed by atoms with Crippen LogP contribution in [0, 0.1) is 0 Å². The van der Waals surface area contributed by atoms with Crippen LogP contribution < -0.4 is 11.5 Å². The molecule has 0 radical (unpaired) electrons. The molecular weight excluding hydrogens is 236 g/mol. The zero-order valence-electron chi connectivity index (χ0n) is 6.79. The van der Waals surface area contributed by atoms with Gasteiger partial charge in [-0.15, -0.1) is 11.3 Å². The van der Waals surface area contributed by atoms with Gasteiger partial charge in [0.15, 0.2) is 0 Å². The van der Waals surface area contributed by atoms with Gasteiger partial charge in [0.1, 0.15) is 0 Å². The predicted molar refractivity (Wildman–Crippen MR) is 57.2 cm³/mol. The summed E-state index contributed by atoms with van der Waals surface area (Å²) in [6, 6.07) is 4.25. The topological polar surface area (TPSA) is 52.0 Å². The highest BCUT2D eigenvalue weighted by Gasteiger charge is 2.07. The van der Waals surface area contributed by atoms with E-state index in [9.17, 15) is 0 Å². The Morgan fingerprint density at radius 1 is 1.50 bits per heavy atom. The molecule has 0 aromatic carbocycles. The molecule has 0 saturated heterocycles. The van der Waals surface area contributed by atoms with Crippen LogP contribution in [0.25, 0.3) is 0 Å². The van der Waals surface area contributed by atoms with E-state index >= 15 is 0 Å². The molecule has 2 nitrogen and oxygen atoms in total. The van der Waals surface area contributed by atoms with Gasteiger partial charge in [0.25, 0.3) is 0 Å². The third-order valence-electron chi connectivity index (χ3n) is 1.68. The molecule has 0 aliphatic rings. The molecule has 0 saturated carbocycles. The smallest absolute Gasteiger partial charge is 0.0701 e. The van der Waals surface area contributed by atoms with Gasteiger partial charge in [-0.2, -0.15) is 0 Å². The van der Waals surface area contributed by atoms with E-state index in [1.54, 1.807) is 11.3 Å². The van der Waals surface area contributed by atoms with Crippen molar-refractivity contribution in [3.63, 3.8) is 0 Å². The van der Waals surface area contributed by atoms with E-state index < -0.39 is 0 Å². The van der Waals surface area contributed by atoms with Gasteiger partial charge in [-0.25, -0.2) is 0 Å². The fourth-order valence-corrected chi connectivity index (χ4v) is 2.47. The Balaban J connectivity index is 2.47. The quantitative estimate of drug-likeness (QED) is 0.859. The van der Waals surface area contributed by atoms with Gasteiger partial charge < -0.3 is 11.5 Å². The summed E-state index contributed by atoms with van der Waals surface area (Å²) in [5, 5.41) is 0. The van der Waals surface area contributed by atoms with Crippen LogP contribution in [0.5, 0.6) is 0 Å². The van der Waals surface area contributed by atoms with Crippen molar-refractivity contribution in [3.8, 4) is 0 Å². The molecule has 12 heavy (non-hydrogen) atoms. The Kier molecular flexibility index (Phi) is 4.21. The summed E-state index contributed by atoms with van der Waals surface area (Å²) >= 11 is 5.10. The first-order chi connectivity index (χ1) is 5.74. The highest BCUT2D eigenvalue weighted by Crippen LogP contribution is 2.27. The monoisotopic (exact) mass is 248 g/mol.